The molecule has 0 amide bonds. The van der Waals surface area contributed by atoms with E-state index in [2.05, 4.69) is 24.5 Å². The summed E-state index contributed by atoms with van der Waals surface area (Å²) < 4.78 is 42.3. The lowest BCUT2D eigenvalue weighted by molar-refractivity contribution is -0.159. The van der Waals surface area contributed by atoms with Gasteiger partial charge < -0.3 is 15.2 Å². The quantitative estimate of drug-likeness (QED) is 0.671. The second kappa shape index (κ2) is 7.75. The fourth-order valence-corrected chi connectivity index (χ4v) is 3.37. The van der Waals surface area contributed by atoms with Crippen LogP contribution in [0.5, 0.6) is 0 Å². The number of rotatable bonds is 4. The Balaban J connectivity index is 1.39. The lowest BCUT2D eigenvalue weighted by Gasteiger charge is -2.36. The number of hydrogen-bond donors (Lipinski definition) is 1. The Hall–Kier alpha value is -3.07. The molecule has 29 heavy (non-hydrogen) atoms. The largest absolute Gasteiger partial charge is 0.471 e. The molecule has 0 saturated carbocycles. The first-order valence-electron chi connectivity index (χ1n) is 9.21. The summed E-state index contributed by atoms with van der Waals surface area (Å²) in [4.78, 5) is 8.08. The standard InChI is InChI=1S/C20H20F3N5O/c21-20(22,23)19-25-18(26-29-19)15-3-1-2-14(12-15)13-27-8-10-28(11-9-27)17-6-4-16(24)5-7-17/h1-7,12H,8-11,13,24H2. The Morgan fingerprint density at radius 2 is 1.72 bits per heavy atom. The first-order valence-corrected chi connectivity index (χ1v) is 9.21. The Bertz CT molecular complexity index is 963. The van der Waals surface area contributed by atoms with Crippen molar-refractivity contribution in [3.05, 3.63) is 60.0 Å². The summed E-state index contributed by atoms with van der Waals surface area (Å²) in [5.74, 6) is -1.40. The molecule has 0 bridgehead atoms. The average molecular weight is 403 g/mol. The van der Waals surface area contributed by atoms with E-state index in [9.17, 15) is 13.2 Å². The minimum atomic E-state index is -4.65. The maximum Gasteiger partial charge on any atom is 0.471 e. The molecule has 1 aliphatic rings. The smallest absolute Gasteiger partial charge is 0.399 e. The second-order valence-corrected chi connectivity index (χ2v) is 6.98. The van der Waals surface area contributed by atoms with Crippen LogP contribution in [0.4, 0.5) is 24.5 Å². The molecule has 0 radical (unpaired) electrons. The van der Waals surface area contributed by atoms with E-state index in [1.165, 1.54) is 0 Å². The van der Waals surface area contributed by atoms with E-state index in [1.807, 2.05) is 30.3 Å². The van der Waals surface area contributed by atoms with Crippen LogP contribution in [0.15, 0.2) is 53.1 Å². The Morgan fingerprint density at radius 1 is 1.00 bits per heavy atom. The van der Waals surface area contributed by atoms with Crippen LogP contribution >= 0.6 is 0 Å². The fraction of sp³-hybridized carbons (Fsp3) is 0.300. The Morgan fingerprint density at radius 3 is 2.38 bits per heavy atom. The van der Waals surface area contributed by atoms with Crippen molar-refractivity contribution in [2.45, 2.75) is 12.7 Å². The topological polar surface area (TPSA) is 71.4 Å². The number of benzene rings is 2. The molecule has 3 aromatic rings. The molecule has 152 valence electrons. The first kappa shape index (κ1) is 19.3. The SMILES string of the molecule is Nc1ccc(N2CCN(Cc3cccc(-c4noc(C(F)(F)F)n4)c3)CC2)cc1. The van der Waals surface area contributed by atoms with Gasteiger partial charge in [-0.3, -0.25) is 4.90 Å². The van der Waals surface area contributed by atoms with E-state index >= 15 is 0 Å². The van der Waals surface area contributed by atoms with Gasteiger partial charge >= 0.3 is 12.1 Å². The average Bonchev–Trinajstić information content (AvgIpc) is 3.20. The van der Waals surface area contributed by atoms with Crippen molar-refractivity contribution in [3.63, 3.8) is 0 Å². The molecule has 1 fully saturated rings. The van der Waals surface area contributed by atoms with Crippen molar-refractivity contribution < 1.29 is 17.7 Å². The summed E-state index contributed by atoms with van der Waals surface area (Å²) in [5.41, 5.74) is 9.13. The van der Waals surface area contributed by atoms with Crippen molar-refractivity contribution in [2.24, 2.45) is 0 Å². The van der Waals surface area contributed by atoms with Crippen molar-refractivity contribution in [2.75, 3.05) is 36.8 Å². The van der Waals surface area contributed by atoms with Crippen LogP contribution in [0.1, 0.15) is 11.5 Å². The van der Waals surface area contributed by atoms with Gasteiger partial charge in [-0.05, 0) is 35.9 Å². The minimum absolute atomic E-state index is 0.0626. The van der Waals surface area contributed by atoms with Crippen LogP contribution in [-0.2, 0) is 12.7 Å². The Kier molecular flexibility index (Phi) is 5.14. The number of piperazine rings is 1. The highest BCUT2D eigenvalue weighted by Crippen LogP contribution is 2.29. The highest BCUT2D eigenvalue weighted by atomic mass is 19.4. The van der Waals surface area contributed by atoms with Gasteiger partial charge in [0.15, 0.2) is 0 Å². The number of nitrogen functional groups attached to an aromatic ring is 1. The van der Waals surface area contributed by atoms with Gasteiger partial charge in [0.2, 0.25) is 5.82 Å². The Labute approximate surface area is 165 Å². The molecule has 2 heterocycles. The molecule has 0 atom stereocenters. The van der Waals surface area contributed by atoms with Crippen LogP contribution in [0, 0.1) is 0 Å². The molecular formula is C20H20F3N5O. The van der Waals surface area contributed by atoms with Gasteiger partial charge in [-0.15, -0.1) is 0 Å². The predicted molar refractivity (Wildman–Crippen MR) is 103 cm³/mol. The van der Waals surface area contributed by atoms with Gasteiger partial charge in [0.1, 0.15) is 0 Å². The molecule has 1 aromatic heterocycles. The van der Waals surface area contributed by atoms with Gasteiger partial charge in [-0.2, -0.15) is 18.2 Å². The number of nitrogens with zero attached hydrogens (tertiary/aromatic N) is 4. The van der Waals surface area contributed by atoms with Crippen LogP contribution in [0.25, 0.3) is 11.4 Å². The zero-order valence-corrected chi connectivity index (χ0v) is 15.6. The van der Waals surface area contributed by atoms with E-state index < -0.39 is 12.1 Å². The van der Waals surface area contributed by atoms with E-state index in [0.29, 0.717) is 12.1 Å². The monoisotopic (exact) mass is 403 g/mol. The van der Waals surface area contributed by atoms with Gasteiger partial charge in [0.05, 0.1) is 0 Å². The first-order chi connectivity index (χ1) is 13.9. The summed E-state index contributed by atoms with van der Waals surface area (Å²) in [6.45, 7) is 4.25. The number of halogens is 3. The predicted octanol–water partition coefficient (Wildman–Crippen LogP) is 3.66. The van der Waals surface area contributed by atoms with Crippen molar-refractivity contribution >= 4 is 11.4 Å². The minimum Gasteiger partial charge on any atom is -0.399 e. The molecule has 0 spiro atoms. The number of anilines is 2. The third-order valence-electron chi connectivity index (χ3n) is 4.89. The van der Waals surface area contributed by atoms with Crippen LogP contribution < -0.4 is 10.6 Å². The zero-order valence-electron chi connectivity index (χ0n) is 15.6. The van der Waals surface area contributed by atoms with Gasteiger partial charge in [-0.1, -0.05) is 23.4 Å². The molecule has 9 heteroatoms. The van der Waals surface area contributed by atoms with Crippen LogP contribution in [-0.4, -0.2) is 41.2 Å². The maximum atomic E-state index is 12.7. The summed E-state index contributed by atoms with van der Waals surface area (Å²) in [6, 6.07) is 15.1. The molecule has 2 aromatic carbocycles. The second-order valence-electron chi connectivity index (χ2n) is 6.98. The lowest BCUT2D eigenvalue weighted by atomic mass is 10.1. The normalized spacial score (nSPS) is 15.6. The van der Waals surface area contributed by atoms with E-state index in [4.69, 9.17) is 5.73 Å². The highest BCUT2D eigenvalue weighted by molar-refractivity contribution is 5.55. The van der Waals surface area contributed by atoms with Gasteiger partial charge in [0.25, 0.3) is 0 Å². The van der Waals surface area contributed by atoms with Crippen molar-refractivity contribution in [1.29, 1.82) is 0 Å². The molecule has 1 saturated heterocycles. The third kappa shape index (κ3) is 4.51. The fourth-order valence-electron chi connectivity index (χ4n) is 3.37. The summed E-state index contributed by atoms with van der Waals surface area (Å²) >= 11 is 0. The van der Waals surface area contributed by atoms with Crippen molar-refractivity contribution in [1.82, 2.24) is 15.0 Å². The third-order valence-corrected chi connectivity index (χ3v) is 4.89. The highest BCUT2D eigenvalue weighted by Gasteiger charge is 2.38. The molecule has 6 nitrogen and oxygen atoms in total. The number of hydrogen-bond acceptors (Lipinski definition) is 6. The van der Waals surface area contributed by atoms with Crippen LogP contribution in [0.3, 0.4) is 0 Å². The van der Waals surface area contributed by atoms with E-state index in [0.717, 1.165) is 43.1 Å². The maximum absolute atomic E-state index is 12.7. The number of aromatic nitrogens is 2. The summed E-state index contributed by atoms with van der Waals surface area (Å²) in [7, 11) is 0. The van der Waals surface area contributed by atoms with Gasteiger partial charge in [-0.25, -0.2) is 0 Å². The molecule has 4 rings (SSSR count). The zero-order chi connectivity index (χ0) is 20.4. The summed E-state index contributed by atoms with van der Waals surface area (Å²) in [6.07, 6.45) is -4.65. The number of nitrogens with two attached hydrogens (primary N) is 1. The lowest BCUT2D eigenvalue weighted by Crippen LogP contribution is -2.45. The molecule has 0 unspecified atom stereocenters. The van der Waals surface area contributed by atoms with Crippen molar-refractivity contribution in [3.8, 4) is 11.4 Å². The van der Waals surface area contributed by atoms with E-state index in [1.54, 1.807) is 18.2 Å². The number of alkyl halides is 3. The summed E-state index contributed by atoms with van der Waals surface area (Å²) in [5, 5.41) is 3.46. The molecular weight excluding hydrogens is 383 g/mol. The molecule has 2 N–H and O–H groups in total. The van der Waals surface area contributed by atoms with E-state index in [-0.39, 0.29) is 5.82 Å². The molecule has 1 aliphatic heterocycles. The molecule has 0 aliphatic carbocycles. The van der Waals surface area contributed by atoms with Crippen LogP contribution in [0.2, 0.25) is 0 Å². The van der Waals surface area contributed by atoms with Gasteiger partial charge in [0, 0.05) is 49.7 Å².